The first-order valence-electron chi connectivity index (χ1n) is 8.67. The Hall–Kier alpha value is -2.64. The van der Waals surface area contributed by atoms with Crippen molar-refractivity contribution in [1.82, 2.24) is 4.90 Å². The van der Waals surface area contributed by atoms with Crippen molar-refractivity contribution >= 4 is 46.3 Å². The third-order valence-electron chi connectivity index (χ3n) is 4.15. The van der Waals surface area contributed by atoms with E-state index in [9.17, 15) is 9.59 Å². The van der Waals surface area contributed by atoms with E-state index in [4.69, 9.17) is 17.0 Å². The van der Waals surface area contributed by atoms with Crippen LogP contribution in [-0.4, -0.2) is 34.8 Å². The number of esters is 1. The standard InChI is InChI=1S/C21H19NO4S2/c1-3-22-19(23)18(28-21(22)27)12-14-6-10-17(11-7-14)26-13-15-4-8-16(9-5-15)20(24)25-2/h4-12H,3,13H2,1-2H3. The molecule has 0 aliphatic carbocycles. The van der Waals surface area contributed by atoms with E-state index in [0.717, 1.165) is 16.9 Å². The smallest absolute Gasteiger partial charge is 0.337 e. The number of carbonyl (C=O) groups is 2. The topological polar surface area (TPSA) is 55.8 Å². The van der Waals surface area contributed by atoms with Gasteiger partial charge in [-0.15, -0.1) is 0 Å². The molecule has 0 aromatic heterocycles. The lowest BCUT2D eigenvalue weighted by molar-refractivity contribution is -0.121. The number of thiocarbonyl (C=S) groups is 1. The van der Waals surface area contributed by atoms with E-state index in [1.807, 2.05) is 49.4 Å². The summed E-state index contributed by atoms with van der Waals surface area (Å²) in [4.78, 5) is 25.9. The third kappa shape index (κ3) is 4.61. The number of amides is 1. The summed E-state index contributed by atoms with van der Waals surface area (Å²) in [5, 5.41) is 0. The van der Waals surface area contributed by atoms with E-state index >= 15 is 0 Å². The molecule has 0 spiro atoms. The van der Waals surface area contributed by atoms with Gasteiger partial charge in [0.05, 0.1) is 17.6 Å². The van der Waals surface area contributed by atoms with E-state index in [2.05, 4.69) is 4.74 Å². The summed E-state index contributed by atoms with van der Waals surface area (Å²) < 4.78 is 11.1. The zero-order valence-corrected chi connectivity index (χ0v) is 17.1. The molecular formula is C21H19NO4S2. The number of hydrogen-bond acceptors (Lipinski definition) is 6. The van der Waals surface area contributed by atoms with Gasteiger partial charge < -0.3 is 9.47 Å². The molecule has 7 heteroatoms. The van der Waals surface area contributed by atoms with E-state index in [1.54, 1.807) is 17.0 Å². The Kier molecular flexibility index (Phi) is 6.49. The van der Waals surface area contributed by atoms with Gasteiger partial charge >= 0.3 is 5.97 Å². The van der Waals surface area contributed by atoms with Gasteiger partial charge in [0.1, 0.15) is 16.7 Å². The predicted octanol–water partition coefficient (Wildman–Crippen LogP) is 4.27. The number of ether oxygens (including phenoxy) is 2. The minimum atomic E-state index is -0.362. The average molecular weight is 414 g/mol. The van der Waals surface area contributed by atoms with E-state index in [1.165, 1.54) is 18.9 Å². The lowest BCUT2D eigenvalue weighted by Crippen LogP contribution is -2.27. The maximum atomic E-state index is 12.3. The lowest BCUT2D eigenvalue weighted by Gasteiger charge is -2.09. The summed E-state index contributed by atoms with van der Waals surface area (Å²) in [6.45, 7) is 2.87. The molecule has 2 aromatic rings. The summed E-state index contributed by atoms with van der Waals surface area (Å²) in [7, 11) is 1.36. The van der Waals surface area contributed by atoms with Crippen molar-refractivity contribution in [3.05, 3.63) is 70.1 Å². The summed E-state index contributed by atoms with van der Waals surface area (Å²) in [6, 6.07) is 14.6. The van der Waals surface area contributed by atoms with Crippen molar-refractivity contribution in [3.8, 4) is 5.75 Å². The van der Waals surface area contributed by atoms with Gasteiger partial charge in [0.25, 0.3) is 5.91 Å². The third-order valence-corrected chi connectivity index (χ3v) is 5.53. The highest BCUT2D eigenvalue weighted by Crippen LogP contribution is 2.32. The van der Waals surface area contributed by atoms with Crippen LogP contribution in [0.3, 0.4) is 0 Å². The highest BCUT2D eigenvalue weighted by molar-refractivity contribution is 8.26. The van der Waals surface area contributed by atoms with Gasteiger partial charge in [0, 0.05) is 6.54 Å². The second-order valence-corrected chi connectivity index (χ2v) is 7.65. The Bertz CT molecular complexity index is 920. The van der Waals surface area contributed by atoms with Gasteiger partial charge in [-0.3, -0.25) is 9.69 Å². The number of benzene rings is 2. The van der Waals surface area contributed by atoms with Crippen LogP contribution in [0.25, 0.3) is 6.08 Å². The average Bonchev–Trinajstić information content (AvgIpc) is 2.99. The van der Waals surface area contributed by atoms with Crippen LogP contribution in [0, 0.1) is 0 Å². The van der Waals surface area contributed by atoms with Crippen LogP contribution in [0.5, 0.6) is 5.75 Å². The molecule has 1 amide bonds. The molecular weight excluding hydrogens is 394 g/mol. The summed E-state index contributed by atoms with van der Waals surface area (Å²) in [6.07, 6.45) is 1.84. The molecule has 0 unspecified atom stereocenters. The number of methoxy groups -OCH3 is 1. The van der Waals surface area contributed by atoms with Crippen LogP contribution in [0.4, 0.5) is 0 Å². The Morgan fingerprint density at radius 3 is 2.39 bits per heavy atom. The highest BCUT2D eigenvalue weighted by atomic mass is 32.2. The molecule has 0 radical (unpaired) electrons. The maximum Gasteiger partial charge on any atom is 0.337 e. The molecule has 0 N–H and O–H groups in total. The molecule has 1 fully saturated rings. The van der Waals surface area contributed by atoms with Gasteiger partial charge in [0.15, 0.2) is 0 Å². The minimum Gasteiger partial charge on any atom is -0.489 e. The van der Waals surface area contributed by atoms with Crippen LogP contribution >= 0.6 is 24.0 Å². The SMILES string of the molecule is CCN1C(=O)C(=Cc2ccc(OCc3ccc(C(=O)OC)cc3)cc2)SC1=S. The van der Waals surface area contributed by atoms with E-state index in [-0.39, 0.29) is 11.9 Å². The molecule has 0 bridgehead atoms. The number of carbonyl (C=O) groups excluding carboxylic acids is 2. The van der Waals surface area contributed by atoms with Gasteiger partial charge in [0.2, 0.25) is 0 Å². The molecule has 0 saturated carbocycles. The second-order valence-electron chi connectivity index (χ2n) is 5.97. The van der Waals surface area contributed by atoms with Crippen molar-refractivity contribution in [1.29, 1.82) is 0 Å². The van der Waals surface area contributed by atoms with Gasteiger partial charge in [-0.2, -0.15) is 0 Å². The van der Waals surface area contributed by atoms with Crippen molar-refractivity contribution in [3.63, 3.8) is 0 Å². The fourth-order valence-electron chi connectivity index (χ4n) is 2.61. The van der Waals surface area contributed by atoms with Gasteiger partial charge in [-0.05, 0) is 48.4 Å². The Morgan fingerprint density at radius 2 is 1.82 bits per heavy atom. The molecule has 2 aromatic carbocycles. The van der Waals surface area contributed by atoms with Crippen molar-refractivity contribution < 1.29 is 19.1 Å². The van der Waals surface area contributed by atoms with Crippen LogP contribution < -0.4 is 4.74 Å². The van der Waals surface area contributed by atoms with Gasteiger partial charge in [-0.1, -0.05) is 48.2 Å². The molecule has 144 valence electrons. The fourth-order valence-corrected chi connectivity index (χ4v) is 3.99. The first kappa shape index (κ1) is 20.1. The fraction of sp³-hybridized carbons (Fsp3) is 0.190. The molecule has 3 rings (SSSR count). The first-order chi connectivity index (χ1) is 13.5. The molecule has 28 heavy (non-hydrogen) atoms. The van der Waals surface area contributed by atoms with Crippen molar-refractivity contribution in [2.45, 2.75) is 13.5 Å². The van der Waals surface area contributed by atoms with Crippen LogP contribution in [0.2, 0.25) is 0 Å². The monoisotopic (exact) mass is 413 g/mol. The molecule has 1 aliphatic rings. The van der Waals surface area contributed by atoms with Crippen molar-refractivity contribution in [2.75, 3.05) is 13.7 Å². The van der Waals surface area contributed by atoms with Crippen LogP contribution in [0.1, 0.15) is 28.4 Å². The maximum absolute atomic E-state index is 12.3. The van der Waals surface area contributed by atoms with Crippen LogP contribution in [0.15, 0.2) is 53.4 Å². The molecule has 1 saturated heterocycles. The number of likely N-dealkylation sites (N-methyl/N-ethyl adjacent to an activating group) is 1. The number of thioether (sulfide) groups is 1. The minimum absolute atomic E-state index is 0.0479. The Labute approximate surface area is 173 Å². The molecule has 1 aliphatic heterocycles. The molecule has 1 heterocycles. The van der Waals surface area contributed by atoms with E-state index in [0.29, 0.717) is 27.9 Å². The molecule has 0 atom stereocenters. The van der Waals surface area contributed by atoms with Gasteiger partial charge in [-0.25, -0.2) is 4.79 Å². The largest absolute Gasteiger partial charge is 0.489 e. The number of nitrogens with zero attached hydrogens (tertiary/aromatic N) is 1. The molecule has 5 nitrogen and oxygen atoms in total. The Balaban J connectivity index is 1.61. The number of rotatable bonds is 6. The number of hydrogen-bond donors (Lipinski definition) is 0. The van der Waals surface area contributed by atoms with Crippen molar-refractivity contribution in [2.24, 2.45) is 0 Å². The van der Waals surface area contributed by atoms with E-state index < -0.39 is 0 Å². The summed E-state index contributed by atoms with van der Waals surface area (Å²) in [5.74, 6) is 0.308. The second kappa shape index (κ2) is 9.03. The quantitative estimate of drug-likeness (QED) is 0.400. The predicted molar refractivity (Wildman–Crippen MR) is 114 cm³/mol. The summed E-state index contributed by atoms with van der Waals surface area (Å²) >= 11 is 6.54. The highest BCUT2D eigenvalue weighted by Gasteiger charge is 2.30. The zero-order chi connectivity index (χ0) is 20.1. The first-order valence-corrected chi connectivity index (χ1v) is 9.89. The van der Waals surface area contributed by atoms with Crippen LogP contribution in [-0.2, 0) is 16.1 Å². The lowest BCUT2D eigenvalue weighted by atomic mass is 10.1. The zero-order valence-electron chi connectivity index (χ0n) is 15.5. The summed E-state index contributed by atoms with van der Waals surface area (Å²) in [5.41, 5.74) is 2.36. The Morgan fingerprint density at radius 1 is 1.14 bits per heavy atom. The normalized spacial score (nSPS) is 15.2.